The van der Waals surface area contributed by atoms with Crippen LogP contribution in [0.2, 0.25) is 0 Å². The van der Waals surface area contributed by atoms with Gasteiger partial charge >= 0.3 is 0 Å². The maximum atomic E-state index is 13.1. The smallest absolute Gasteiger partial charge is 0.281 e. The van der Waals surface area contributed by atoms with Crippen molar-refractivity contribution in [2.75, 3.05) is 18.2 Å². The van der Waals surface area contributed by atoms with Gasteiger partial charge in [-0.3, -0.25) is 4.79 Å². The predicted octanol–water partition coefficient (Wildman–Crippen LogP) is 3.74. The van der Waals surface area contributed by atoms with Crippen molar-refractivity contribution in [1.82, 2.24) is 14.7 Å². The van der Waals surface area contributed by atoms with Crippen LogP contribution in [-0.2, 0) is 10.0 Å². The molecule has 11 heteroatoms. The Morgan fingerprint density at radius 3 is 2.72 bits per heavy atom. The number of carbonyl (C=O) groups excluding carboxylic acids is 1. The largest absolute Gasteiger partial charge is 0.454 e. The summed E-state index contributed by atoms with van der Waals surface area (Å²) in [4.78, 5) is 23.7. The van der Waals surface area contributed by atoms with Crippen LogP contribution in [0.5, 0.6) is 23.1 Å². The first kappa shape index (κ1) is 23.9. The van der Waals surface area contributed by atoms with Crippen molar-refractivity contribution in [3.63, 3.8) is 0 Å². The zero-order chi connectivity index (χ0) is 25.5. The molecule has 2 aromatic heterocycles. The predicted molar refractivity (Wildman–Crippen MR) is 131 cm³/mol. The van der Waals surface area contributed by atoms with Crippen LogP contribution in [0.15, 0.2) is 59.8 Å². The van der Waals surface area contributed by atoms with Gasteiger partial charge in [-0.15, -0.1) is 0 Å². The molecule has 4 heterocycles. The van der Waals surface area contributed by atoms with Gasteiger partial charge in [0.2, 0.25) is 12.7 Å². The second-order valence-electron chi connectivity index (χ2n) is 9.47. The van der Waals surface area contributed by atoms with Crippen LogP contribution < -0.4 is 23.8 Å². The van der Waals surface area contributed by atoms with Crippen LogP contribution in [0.4, 0.5) is 5.82 Å². The molecule has 0 spiro atoms. The fourth-order valence-corrected chi connectivity index (χ4v) is 5.57. The average Bonchev–Trinajstić information content (AvgIpc) is 3.41. The molecule has 2 aliphatic heterocycles. The van der Waals surface area contributed by atoms with Gasteiger partial charge in [-0.25, -0.2) is 9.71 Å². The SMILES string of the molecule is CC1CN(c2ncccc2C(=O)NS(=O)(=O)c2cccc(Oc3ccc4c(c3)OCO4)n2)C(C)(C)C1. The second-order valence-corrected chi connectivity index (χ2v) is 11.1. The fourth-order valence-electron chi connectivity index (χ4n) is 4.64. The van der Waals surface area contributed by atoms with Gasteiger partial charge in [-0.1, -0.05) is 13.0 Å². The number of fused-ring (bicyclic) bond motifs is 1. The lowest BCUT2D eigenvalue weighted by molar-refractivity contribution is 0.0981. The summed E-state index contributed by atoms with van der Waals surface area (Å²) in [5.41, 5.74) is -0.0418. The van der Waals surface area contributed by atoms with Crippen molar-refractivity contribution in [1.29, 1.82) is 0 Å². The average molecular weight is 511 g/mol. The van der Waals surface area contributed by atoms with Gasteiger partial charge in [0.25, 0.3) is 15.9 Å². The van der Waals surface area contributed by atoms with Crippen LogP contribution in [0.1, 0.15) is 37.6 Å². The minimum atomic E-state index is -4.29. The van der Waals surface area contributed by atoms with Gasteiger partial charge in [0.1, 0.15) is 11.6 Å². The molecule has 1 unspecified atom stereocenters. The molecule has 2 aliphatic rings. The molecule has 1 atom stereocenters. The summed E-state index contributed by atoms with van der Waals surface area (Å²) >= 11 is 0. The van der Waals surface area contributed by atoms with E-state index in [1.54, 1.807) is 36.5 Å². The highest BCUT2D eigenvalue weighted by atomic mass is 32.2. The number of amides is 1. The molecule has 10 nitrogen and oxygen atoms in total. The van der Waals surface area contributed by atoms with Crippen molar-refractivity contribution in [3.05, 3.63) is 60.3 Å². The topological polar surface area (TPSA) is 120 Å². The van der Waals surface area contributed by atoms with Gasteiger partial charge < -0.3 is 19.1 Å². The van der Waals surface area contributed by atoms with E-state index in [2.05, 4.69) is 40.4 Å². The number of rotatable bonds is 6. The van der Waals surface area contributed by atoms with E-state index in [0.29, 0.717) is 29.0 Å². The third-order valence-corrected chi connectivity index (χ3v) is 7.36. The number of hydrogen-bond donors (Lipinski definition) is 1. The molecule has 1 aromatic carbocycles. The third-order valence-electron chi connectivity index (χ3n) is 6.13. The van der Waals surface area contributed by atoms with Gasteiger partial charge in [-0.05, 0) is 56.5 Å². The van der Waals surface area contributed by atoms with E-state index in [-0.39, 0.29) is 28.8 Å². The van der Waals surface area contributed by atoms with Crippen LogP contribution in [-0.4, -0.2) is 43.2 Å². The Morgan fingerprint density at radius 2 is 1.94 bits per heavy atom. The molecular weight excluding hydrogens is 484 g/mol. The maximum Gasteiger partial charge on any atom is 0.281 e. The van der Waals surface area contributed by atoms with E-state index in [1.807, 2.05) is 0 Å². The Labute approximate surface area is 209 Å². The van der Waals surface area contributed by atoms with E-state index in [4.69, 9.17) is 14.2 Å². The van der Waals surface area contributed by atoms with Crippen molar-refractivity contribution in [2.45, 2.75) is 37.8 Å². The first-order chi connectivity index (χ1) is 17.1. The minimum Gasteiger partial charge on any atom is -0.454 e. The van der Waals surface area contributed by atoms with Crippen molar-refractivity contribution >= 4 is 21.7 Å². The summed E-state index contributed by atoms with van der Waals surface area (Å²) in [7, 11) is -4.29. The summed E-state index contributed by atoms with van der Waals surface area (Å²) in [6.45, 7) is 7.15. The minimum absolute atomic E-state index is 0.0408. The number of aromatic nitrogens is 2. The number of carbonyl (C=O) groups is 1. The van der Waals surface area contributed by atoms with Gasteiger partial charge in [-0.2, -0.15) is 13.4 Å². The van der Waals surface area contributed by atoms with Crippen LogP contribution in [0, 0.1) is 5.92 Å². The molecule has 0 aliphatic carbocycles. The van der Waals surface area contributed by atoms with E-state index in [0.717, 1.165) is 13.0 Å². The molecule has 3 aromatic rings. The molecule has 36 heavy (non-hydrogen) atoms. The molecular formula is C25H26N4O6S. The number of hydrogen-bond acceptors (Lipinski definition) is 9. The Bertz CT molecular complexity index is 1430. The Morgan fingerprint density at radius 1 is 1.14 bits per heavy atom. The lowest BCUT2D eigenvalue weighted by atomic mass is 9.97. The van der Waals surface area contributed by atoms with Gasteiger partial charge in [0.05, 0.1) is 5.56 Å². The number of sulfonamides is 1. The maximum absolute atomic E-state index is 13.1. The molecule has 0 bridgehead atoms. The van der Waals surface area contributed by atoms with E-state index < -0.39 is 15.9 Å². The lowest BCUT2D eigenvalue weighted by Gasteiger charge is -2.33. The summed E-state index contributed by atoms with van der Waals surface area (Å²) < 4.78 is 44.6. The van der Waals surface area contributed by atoms with Crippen LogP contribution >= 0.6 is 0 Å². The Kier molecular flexibility index (Phi) is 5.95. The summed E-state index contributed by atoms with van der Waals surface area (Å²) in [5.74, 6) is 1.64. The molecule has 5 rings (SSSR count). The van der Waals surface area contributed by atoms with E-state index >= 15 is 0 Å². The fraction of sp³-hybridized carbons (Fsp3) is 0.320. The molecule has 1 saturated heterocycles. The molecule has 0 saturated carbocycles. The highest BCUT2D eigenvalue weighted by Crippen LogP contribution is 2.38. The third kappa shape index (κ3) is 4.66. The van der Waals surface area contributed by atoms with E-state index in [1.165, 1.54) is 18.2 Å². The number of anilines is 1. The van der Waals surface area contributed by atoms with Crippen LogP contribution in [0.3, 0.4) is 0 Å². The van der Waals surface area contributed by atoms with E-state index in [9.17, 15) is 13.2 Å². The lowest BCUT2D eigenvalue weighted by Crippen LogP contribution is -2.41. The molecule has 0 radical (unpaired) electrons. The van der Waals surface area contributed by atoms with Crippen molar-refractivity contribution in [3.8, 4) is 23.1 Å². The number of pyridine rings is 2. The monoisotopic (exact) mass is 510 g/mol. The molecule has 188 valence electrons. The molecule has 1 fully saturated rings. The van der Waals surface area contributed by atoms with Crippen LogP contribution in [0.25, 0.3) is 0 Å². The summed E-state index contributed by atoms with van der Waals surface area (Å²) in [5, 5.41) is -0.352. The van der Waals surface area contributed by atoms with Gasteiger partial charge in [0, 0.05) is 30.4 Å². The standard InChI is InChI=1S/C25H26N4O6S/c1-16-13-25(2,3)29(14-16)23-18(6-5-11-26-23)24(30)28-36(31,32)22-8-4-7-21(27-22)35-17-9-10-19-20(12-17)34-15-33-19/h4-12,16H,13-15H2,1-3H3,(H,28,30). The second kappa shape index (κ2) is 8.98. The first-order valence-electron chi connectivity index (χ1n) is 11.5. The van der Waals surface area contributed by atoms with Crippen molar-refractivity contribution in [2.24, 2.45) is 5.92 Å². The zero-order valence-corrected chi connectivity index (χ0v) is 20.9. The number of nitrogens with one attached hydrogen (secondary N) is 1. The zero-order valence-electron chi connectivity index (χ0n) is 20.1. The normalized spacial score (nSPS) is 18.2. The van der Waals surface area contributed by atoms with Crippen molar-refractivity contribution < 1.29 is 27.4 Å². The molecule has 1 amide bonds. The summed E-state index contributed by atoms with van der Waals surface area (Å²) in [6, 6.07) is 12.4. The number of benzene rings is 1. The number of ether oxygens (including phenoxy) is 3. The highest BCUT2D eigenvalue weighted by Gasteiger charge is 2.39. The Hall–Kier alpha value is -3.86. The first-order valence-corrected chi connectivity index (χ1v) is 12.9. The number of nitrogens with zero attached hydrogens (tertiary/aromatic N) is 3. The highest BCUT2D eigenvalue weighted by molar-refractivity contribution is 7.90. The quantitative estimate of drug-likeness (QED) is 0.529. The summed E-state index contributed by atoms with van der Waals surface area (Å²) in [6.07, 6.45) is 2.53. The van der Waals surface area contributed by atoms with Gasteiger partial charge in [0.15, 0.2) is 16.5 Å². The molecule has 1 N–H and O–H groups in total. The Balaban J connectivity index is 1.36.